The Bertz CT molecular complexity index is 915. The maximum Gasteiger partial charge on any atom is 0.237 e. The topological polar surface area (TPSA) is 70.7 Å². The van der Waals surface area contributed by atoms with Crippen molar-refractivity contribution < 1.29 is 9.18 Å². The second-order valence-electron chi connectivity index (χ2n) is 5.40. The number of hydrogen-bond acceptors (Lipinski definition) is 5. The third-order valence-electron chi connectivity index (χ3n) is 3.61. The lowest BCUT2D eigenvalue weighted by Gasteiger charge is -2.12. The van der Waals surface area contributed by atoms with Crippen LogP contribution in [0, 0.1) is 5.82 Å². The molecule has 0 aliphatic carbocycles. The minimum atomic E-state index is -0.408. The molecule has 3 aromatic rings. The molecule has 2 N–H and O–H groups in total. The average Bonchev–Trinajstić information content (AvgIpc) is 3.10. The molecule has 1 atom stereocenters. The average molecular weight is 388 g/mol. The van der Waals surface area contributed by atoms with Gasteiger partial charge in [0.15, 0.2) is 5.82 Å². The van der Waals surface area contributed by atoms with Gasteiger partial charge in [0, 0.05) is 4.90 Å². The first kappa shape index (κ1) is 18.5. The Morgan fingerprint density at radius 2 is 1.92 bits per heavy atom. The number of halogens is 1. The van der Waals surface area contributed by atoms with E-state index in [0.29, 0.717) is 16.5 Å². The second-order valence-corrected chi connectivity index (χ2v) is 7.55. The SMILES string of the molecule is CSc1ccccc1NC(=O)C(C)Sc1n[nH]c(-c2ccccc2F)n1. The van der Waals surface area contributed by atoms with Crippen LogP contribution in [-0.2, 0) is 4.79 Å². The van der Waals surface area contributed by atoms with Gasteiger partial charge in [0.1, 0.15) is 5.82 Å². The van der Waals surface area contributed by atoms with Gasteiger partial charge in [0.2, 0.25) is 11.1 Å². The van der Waals surface area contributed by atoms with Gasteiger partial charge in [0.05, 0.1) is 16.5 Å². The molecule has 5 nitrogen and oxygen atoms in total. The van der Waals surface area contributed by atoms with Crippen LogP contribution in [0.5, 0.6) is 0 Å². The summed E-state index contributed by atoms with van der Waals surface area (Å²) in [6.07, 6.45) is 1.96. The van der Waals surface area contributed by atoms with Gasteiger partial charge in [-0.15, -0.1) is 16.9 Å². The largest absolute Gasteiger partial charge is 0.324 e. The molecule has 3 rings (SSSR count). The number of nitrogens with one attached hydrogen (secondary N) is 2. The van der Waals surface area contributed by atoms with E-state index in [1.807, 2.05) is 30.5 Å². The van der Waals surface area contributed by atoms with Crippen molar-refractivity contribution in [3.63, 3.8) is 0 Å². The summed E-state index contributed by atoms with van der Waals surface area (Å²) in [5.74, 6) is -0.181. The number of anilines is 1. The van der Waals surface area contributed by atoms with Crippen molar-refractivity contribution in [2.24, 2.45) is 0 Å². The summed E-state index contributed by atoms with van der Waals surface area (Å²) >= 11 is 2.78. The van der Waals surface area contributed by atoms with Crippen LogP contribution in [0.1, 0.15) is 6.92 Å². The van der Waals surface area contributed by atoms with Gasteiger partial charge in [-0.2, -0.15) is 0 Å². The predicted octanol–water partition coefficient (Wildman–Crippen LogP) is 4.45. The number of benzene rings is 2. The number of carbonyl (C=O) groups excluding carboxylic acids is 1. The standard InChI is InChI=1S/C18H17FN4OS2/c1-11(17(24)20-14-9-5-6-10-15(14)25-2)26-18-21-16(22-23-18)12-7-3-4-8-13(12)19/h3-11H,1-2H3,(H,20,24)(H,21,22,23). The van der Waals surface area contributed by atoms with Crippen molar-refractivity contribution in [1.29, 1.82) is 0 Å². The van der Waals surface area contributed by atoms with Gasteiger partial charge in [0.25, 0.3) is 0 Å². The van der Waals surface area contributed by atoms with Gasteiger partial charge in [-0.05, 0) is 37.4 Å². The molecule has 0 aliphatic rings. The number of H-pyrrole nitrogens is 1. The summed E-state index contributed by atoms with van der Waals surface area (Å²) in [4.78, 5) is 17.7. The van der Waals surface area contributed by atoms with Gasteiger partial charge in [-0.1, -0.05) is 36.0 Å². The molecule has 26 heavy (non-hydrogen) atoms. The molecule has 0 bridgehead atoms. The second kappa shape index (κ2) is 8.37. The fourth-order valence-corrected chi connectivity index (χ4v) is 3.54. The lowest BCUT2D eigenvalue weighted by atomic mass is 10.2. The number of carbonyl (C=O) groups is 1. The summed E-state index contributed by atoms with van der Waals surface area (Å²) in [5, 5.41) is 9.70. The van der Waals surface area contributed by atoms with E-state index in [1.54, 1.807) is 36.9 Å². The number of aromatic nitrogens is 3. The zero-order valence-electron chi connectivity index (χ0n) is 14.2. The maximum atomic E-state index is 13.8. The van der Waals surface area contributed by atoms with Gasteiger partial charge in [-0.25, -0.2) is 9.37 Å². The number of hydrogen-bond donors (Lipinski definition) is 2. The Balaban J connectivity index is 1.67. The van der Waals surface area contributed by atoms with E-state index in [1.165, 1.54) is 17.8 Å². The van der Waals surface area contributed by atoms with Crippen LogP contribution < -0.4 is 5.32 Å². The lowest BCUT2D eigenvalue weighted by molar-refractivity contribution is -0.115. The number of aromatic amines is 1. The zero-order chi connectivity index (χ0) is 18.5. The third-order valence-corrected chi connectivity index (χ3v) is 5.37. The molecule has 8 heteroatoms. The van der Waals surface area contributed by atoms with E-state index in [9.17, 15) is 9.18 Å². The molecule has 0 radical (unpaired) electrons. The minimum Gasteiger partial charge on any atom is -0.324 e. The van der Waals surface area contributed by atoms with Crippen LogP contribution >= 0.6 is 23.5 Å². The normalized spacial score (nSPS) is 12.0. The molecule has 1 amide bonds. The van der Waals surface area contributed by atoms with Crippen LogP contribution in [0.25, 0.3) is 11.4 Å². The number of nitrogens with zero attached hydrogens (tertiary/aromatic N) is 2. The molecule has 0 spiro atoms. The summed E-state index contributed by atoms with van der Waals surface area (Å²) in [6, 6.07) is 14.0. The molecule has 0 aliphatic heterocycles. The molecule has 1 unspecified atom stereocenters. The number of rotatable bonds is 6. The van der Waals surface area contributed by atoms with Crippen molar-refractivity contribution in [1.82, 2.24) is 15.2 Å². The Labute approximate surface area is 159 Å². The first-order valence-corrected chi connectivity index (χ1v) is 9.96. The van der Waals surface area contributed by atoms with E-state index in [0.717, 1.165) is 10.6 Å². The summed E-state index contributed by atoms with van der Waals surface area (Å²) in [6.45, 7) is 1.78. The predicted molar refractivity (Wildman–Crippen MR) is 104 cm³/mol. The fraction of sp³-hybridized carbons (Fsp3) is 0.167. The molecule has 0 saturated heterocycles. The van der Waals surface area contributed by atoms with Gasteiger partial charge in [-0.3, -0.25) is 9.89 Å². The number of para-hydroxylation sites is 1. The first-order valence-electron chi connectivity index (χ1n) is 7.86. The van der Waals surface area contributed by atoms with Crippen LogP contribution in [0.15, 0.2) is 58.6 Å². The van der Waals surface area contributed by atoms with Crippen molar-refractivity contribution >= 4 is 35.1 Å². The van der Waals surface area contributed by atoms with Crippen LogP contribution in [0.4, 0.5) is 10.1 Å². The molecule has 0 saturated carbocycles. The van der Waals surface area contributed by atoms with E-state index < -0.39 is 5.25 Å². The molecule has 134 valence electrons. The van der Waals surface area contributed by atoms with Crippen LogP contribution in [0.2, 0.25) is 0 Å². The third kappa shape index (κ3) is 4.25. The van der Waals surface area contributed by atoms with E-state index in [4.69, 9.17) is 0 Å². The summed E-state index contributed by atoms with van der Waals surface area (Å²) in [7, 11) is 0. The summed E-state index contributed by atoms with van der Waals surface area (Å²) < 4.78 is 13.8. The highest BCUT2D eigenvalue weighted by atomic mass is 32.2. The van der Waals surface area contributed by atoms with Crippen molar-refractivity contribution in [2.45, 2.75) is 22.2 Å². The molecule has 0 fully saturated rings. The van der Waals surface area contributed by atoms with Crippen molar-refractivity contribution in [3.05, 3.63) is 54.3 Å². The first-order chi connectivity index (χ1) is 12.6. The minimum absolute atomic E-state index is 0.145. The molecule has 2 aromatic carbocycles. The molecule has 1 aromatic heterocycles. The number of amides is 1. The molecular formula is C18H17FN4OS2. The smallest absolute Gasteiger partial charge is 0.237 e. The number of thioether (sulfide) groups is 2. The Morgan fingerprint density at radius 3 is 2.69 bits per heavy atom. The molecule has 1 heterocycles. The van der Waals surface area contributed by atoms with E-state index in [2.05, 4.69) is 20.5 Å². The van der Waals surface area contributed by atoms with Crippen molar-refractivity contribution in [3.8, 4) is 11.4 Å². The van der Waals surface area contributed by atoms with Gasteiger partial charge < -0.3 is 5.32 Å². The quantitative estimate of drug-likeness (QED) is 0.611. The van der Waals surface area contributed by atoms with Crippen LogP contribution in [0.3, 0.4) is 0 Å². The lowest BCUT2D eigenvalue weighted by Crippen LogP contribution is -2.22. The highest BCUT2D eigenvalue weighted by Gasteiger charge is 2.19. The van der Waals surface area contributed by atoms with E-state index in [-0.39, 0.29) is 11.7 Å². The molecular weight excluding hydrogens is 371 g/mol. The van der Waals surface area contributed by atoms with Gasteiger partial charge >= 0.3 is 0 Å². The highest BCUT2D eigenvalue weighted by Crippen LogP contribution is 2.27. The Morgan fingerprint density at radius 1 is 1.19 bits per heavy atom. The Kier molecular flexibility index (Phi) is 5.95. The maximum absolute atomic E-state index is 13.8. The fourth-order valence-electron chi connectivity index (χ4n) is 2.27. The monoisotopic (exact) mass is 388 g/mol. The summed E-state index contributed by atoms with van der Waals surface area (Å²) in [5.41, 5.74) is 1.12. The van der Waals surface area contributed by atoms with E-state index >= 15 is 0 Å². The van der Waals surface area contributed by atoms with Crippen LogP contribution in [-0.4, -0.2) is 32.6 Å². The van der Waals surface area contributed by atoms with Crippen molar-refractivity contribution in [2.75, 3.05) is 11.6 Å². The zero-order valence-corrected chi connectivity index (χ0v) is 15.8. The highest BCUT2D eigenvalue weighted by molar-refractivity contribution is 8.00. The Hall–Kier alpha value is -2.32.